The third-order valence-corrected chi connectivity index (χ3v) is 4.56. The summed E-state index contributed by atoms with van der Waals surface area (Å²) in [6, 6.07) is 15.2. The number of nitrogens with one attached hydrogen (secondary N) is 1. The maximum absolute atomic E-state index is 12.8. The first kappa shape index (κ1) is 15.7. The van der Waals surface area contributed by atoms with Gasteiger partial charge in [0.1, 0.15) is 5.76 Å². The number of aromatic nitrogens is 1. The Kier molecular flexibility index (Phi) is 3.70. The number of benzene rings is 2. The number of hydrogen-bond donors (Lipinski definition) is 1. The van der Waals surface area contributed by atoms with E-state index in [0.29, 0.717) is 16.4 Å². The highest BCUT2D eigenvalue weighted by Gasteiger charge is 2.31. The van der Waals surface area contributed by atoms with Crippen LogP contribution in [-0.4, -0.2) is 11.1 Å². The lowest BCUT2D eigenvalue weighted by atomic mass is 9.89. The summed E-state index contributed by atoms with van der Waals surface area (Å²) in [6.45, 7) is 3.73. The van der Waals surface area contributed by atoms with Gasteiger partial charge in [-0.2, -0.15) is 0 Å². The Morgan fingerprint density at radius 1 is 1.12 bits per heavy atom. The Morgan fingerprint density at radius 2 is 1.88 bits per heavy atom. The molecule has 0 saturated heterocycles. The van der Waals surface area contributed by atoms with Gasteiger partial charge in [0.25, 0.3) is 5.91 Å². The zero-order valence-corrected chi connectivity index (χ0v) is 14.5. The van der Waals surface area contributed by atoms with Gasteiger partial charge in [0.15, 0.2) is 0 Å². The van der Waals surface area contributed by atoms with Gasteiger partial charge in [-0.3, -0.25) is 4.79 Å². The first-order chi connectivity index (χ1) is 12.1. The fourth-order valence-corrected chi connectivity index (χ4v) is 3.42. The zero-order chi connectivity index (χ0) is 17.6. The van der Waals surface area contributed by atoms with Crippen LogP contribution in [0.5, 0.6) is 0 Å². The molecule has 0 saturated carbocycles. The molecule has 1 N–H and O–H groups in total. The Bertz CT molecular complexity index is 1000. The van der Waals surface area contributed by atoms with E-state index in [1.54, 1.807) is 6.07 Å². The maximum atomic E-state index is 12.8. The van der Waals surface area contributed by atoms with Crippen molar-refractivity contribution in [3.63, 3.8) is 0 Å². The largest absolute Gasteiger partial charge is 0.361 e. The number of halogens is 1. The second kappa shape index (κ2) is 5.90. The Hall–Kier alpha value is -2.85. The topological polar surface area (TPSA) is 55.1 Å². The molecule has 3 aromatic rings. The lowest BCUT2D eigenvalue weighted by Gasteiger charge is -2.12. The normalized spacial score (nSPS) is 15.1. The molecule has 2 heterocycles. The van der Waals surface area contributed by atoms with E-state index < -0.39 is 0 Å². The number of fused-ring (bicyclic) bond motifs is 1. The van der Waals surface area contributed by atoms with Crippen LogP contribution in [0.1, 0.15) is 28.1 Å². The van der Waals surface area contributed by atoms with Gasteiger partial charge < -0.3 is 9.84 Å². The van der Waals surface area contributed by atoms with Crippen molar-refractivity contribution in [1.29, 1.82) is 0 Å². The van der Waals surface area contributed by atoms with Crippen LogP contribution in [0.25, 0.3) is 11.1 Å². The standard InChI is InChI=1S/C20H15ClN2O2/c1-11-17(12(2)25-23-11)18(13-6-4-3-5-7-13)19-15-10-14(21)8-9-16(15)22-20(19)24/h3-10H,1-2H3,(H,22,24)/b19-18+. The molecule has 4 nitrogen and oxygen atoms in total. The number of carbonyl (C=O) groups excluding carboxylic acids is 1. The highest BCUT2D eigenvalue weighted by atomic mass is 35.5. The van der Waals surface area contributed by atoms with E-state index in [4.69, 9.17) is 16.1 Å². The molecule has 0 aliphatic carbocycles. The smallest absolute Gasteiger partial charge is 0.257 e. The van der Waals surface area contributed by atoms with E-state index >= 15 is 0 Å². The number of carbonyl (C=O) groups is 1. The second-order valence-corrected chi connectivity index (χ2v) is 6.40. The predicted molar refractivity (Wildman–Crippen MR) is 98.4 cm³/mol. The van der Waals surface area contributed by atoms with Crippen molar-refractivity contribution in [2.24, 2.45) is 0 Å². The van der Waals surface area contributed by atoms with Crippen LogP contribution in [0.2, 0.25) is 5.02 Å². The molecule has 1 aromatic heterocycles. The van der Waals surface area contributed by atoms with Crippen LogP contribution in [0, 0.1) is 13.8 Å². The summed E-state index contributed by atoms with van der Waals surface area (Å²) in [6.07, 6.45) is 0. The molecule has 0 atom stereocenters. The monoisotopic (exact) mass is 350 g/mol. The highest BCUT2D eigenvalue weighted by molar-refractivity contribution is 6.39. The summed E-state index contributed by atoms with van der Waals surface area (Å²) in [5.74, 6) is 0.517. The van der Waals surface area contributed by atoms with Gasteiger partial charge in [-0.1, -0.05) is 47.1 Å². The molecule has 4 rings (SSSR count). The second-order valence-electron chi connectivity index (χ2n) is 5.96. The number of anilines is 1. The molecule has 124 valence electrons. The molecule has 0 unspecified atom stereocenters. The molecule has 0 spiro atoms. The summed E-state index contributed by atoms with van der Waals surface area (Å²) in [4.78, 5) is 12.8. The van der Waals surface area contributed by atoms with E-state index in [1.807, 2.05) is 56.3 Å². The van der Waals surface area contributed by atoms with Crippen molar-refractivity contribution in [2.45, 2.75) is 13.8 Å². The van der Waals surface area contributed by atoms with Crippen molar-refractivity contribution in [2.75, 3.05) is 5.32 Å². The summed E-state index contributed by atoms with van der Waals surface area (Å²) >= 11 is 6.18. The minimum atomic E-state index is -0.156. The average Bonchev–Trinajstić information content (AvgIpc) is 3.10. The van der Waals surface area contributed by atoms with Crippen LogP contribution in [-0.2, 0) is 4.79 Å². The minimum absolute atomic E-state index is 0.156. The Morgan fingerprint density at radius 3 is 2.56 bits per heavy atom. The van der Waals surface area contributed by atoms with Crippen LogP contribution in [0.3, 0.4) is 0 Å². The molecule has 1 amide bonds. The van der Waals surface area contributed by atoms with Gasteiger partial charge in [0.05, 0.1) is 11.3 Å². The number of rotatable bonds is 2. The van der Waals surface area contributed by atoms with Crippen LogP contribution < -0.4 is 5.32 Å². The van der Waals surface area contributed by atoms with Crippen molar-refractivity contribution >= 4 is 34.3 Å². The number of nitrogens with zero attached hydrogens (tertiary/aromatic N) is 1. The summed E-state index contributed by atoms with van der Waals surface area (Å²) in [5.41, 5.74) is 5.43. The van der Waals surface area contributed by atoms with E-state index in [0.717, 1.165) is 33.6 Å². The van der Waals surface area contributed by atoms with Crippen LogP contribution in [0.4, 0.5) is 5.69 Å². The third-order valence-electron chi connectivity index (χ3n) is 4.32. The number of hydrogen-bond acceptors (Lipinski definition) is 3. The minimum Gasteiger partial charge on any atom is -0.361 e. The zero-order valence-electron chi connectivity index (χ0n) is 13.8. The van der Waals surface area contributed by atoms with E-state index in [9.17, 15) is 4.79 Å². The van der Waals surface area contributed by atoms with Crippen molar-refractivity contribution in [3.05, 3.63) is 81.7 Å². The lowest BCUT2D eigenvalue weighted by Crippen LogP contribution is -2.07. The molecule has 0 radical (unpaired) electrons. The number of amides is 1. The first-order valence-electron chi connectivity index (χ1n) is 7.90. The SMILES string of the molecule is Cc1noc(C)c1/C(=C1/C(=O)Nc2ccc(Cl)cc21)c1ccccc1. The highest BCUT2D eigenvalue weighted by Crippen LogP contribution is 2.42. The van der Waals surface area contributed by atoms with Gasteiger partial charge in [-0.25, -0.2) is 0 Å². The Labute approximate surface area is 150 Å². The molecule has 2 aromatic carbocycles. The predicted octanol–water partition coefficient (Wildman–Crippen LogP) is 4.86. The first-order valence-corrected chi connectivity index (χ1v) is 8.28. The molecule has 0 fully saturated rings. The molecule has 5 heteroatoms. The van der Waals surface area contributed by atoms with Gasteiger partial charge >= 0.3 is 0 Å². The maximum Gasteiger partial charge on any atom is 0.257 e. The lowest BCUT2D eigenvalue weighted by molar-refractivity contribution is -0.110. The van der Waals surface area contributed by atoms with Gasteiger partial charge in [0.2, 0.25) is 0 Å². The van der Waals surface area contributed by atoms with Gasteiger partial charge in [-0.15, -0.1) is 0 Å². The van der Waals surface area contributed by atoms with Gasteiger partial charge in [-0.05, 0) is 37.6 Å². The van der Waals surface area contributed by atoms with Crippen molar-refractivity contribution < 1.29 is 9.32 Å². The molecular formula is C20H15ClN2O2. The van der Waals surface area contributed by atoms with E-state index in [-0.39, 0.29) is 5.91 Å². The van der Waals surface area contributed by atoms with E-state index in [2.05, 4.69) is 10.5 Å². The summed E-state index contributed by atoms with van der Waals surface area (Å²) in [5, 5.41) is 7.57. The van der Waals surface area contributed by atoms with Crippen LogP contribution >= 0.6 is 11.6 Å². The summed E-state index contributed by atoms with van der Waals surface area (Å²) in [7, 11) is 0. The van der Waals surface area contributed by atoms with E-state index in [1.165, 1.54) is 0 Å². The molecule has 1 aliphatic rings. The quantitative estimate of drug-likeness (QED) is 0.672. The summed E-state index contributed by atoms with van der Waals surface area (Å²) < 4.78 is 5.36. The fourth-order valence-electron chi connectivity index (χ4n) is 3.25. The molecular weight excluding hydrogens is 336 g/mol. The molecule has 25 heavy (non-hydrogen) atoms. The van der Waals surface area contributed by atoms with Gasteiger partial charge in [0, 0.05) is 27.4 Å². The fraction of sp³-hybridized carbons (Fsp3) is 0.100. The third kappa shape index (κ3) is 2.55. The molecule has 0 bridgehead atoms. The van der Waals surface area contributed by atoms with Crippen molar-refractivity contribution in [1.82, 2.24) is 5.16 Å². The van der Waals surface area contributed by atoms with Crippen LogP contribution in [0.15, 0.2) is 53.1 Å². The molecule has 1 aliphatic heterocycles. The average molecular weight is 351 g/mol. The number of aryl methyl sites for hydroxylation is 2. The Balaban J connectivity index is 2.11. The van der Waals surface area contributed by atoms with Crippen molar-refractivity contribution in [3.8, 4) is 0 Å².